The minimum atomic E-state index is -0.226. The SMILES string of the molecule is CN=C(NCC(C)Sc1ccccc1)N(C)CC(=O)NC(C)(C)C. The number of nitrogens with zero attached hydrogens (tertiary/aromatic N) is 2. The van der Waals surface area contributed by atoms with Crippen LogP contribution < -0.4 is 10.6 Å². The quantitative estimate of drug-likeness (QED) is 0.470. The number of guanidine groups is 1. The van der Waals surface area contributed by atoms with E-state index < -0.39 is 0 Å². The summed E-state index contributed by atoms with van der Waals surface area (Å²) in [6, 6.07) is 10.3. The average Bonchev–Trinajstić information content (AvgIpc) is 2.46. The van der Waals surface area contributed by atoms with Gasteiger partial charge in [0.25, 0.3) is 0 Å². The van der Waals surface area contributed by atoms with E-state index in [0.29, 0.717) is 5.25 Å². The Hall–Kier alpha value is -1.69. The molecule has 0 aromatic heterocycles. The van der Waals surface area contributed by atoms with Gasteiger partial charge >= 0.3 is 0 Å². The molecule has 0 aliphatic heterocycles. The number of amides is 1. The molecule has 5 nitrogen and oxygen atoms in total. The van der Waals surface area contributed by atoms with Crippen LogP contribution in [-0.4, -0.2) is 54.7 Å². The summed E-state index contributed by atoms with van der Waals surface area (Å²) >= 11 is 1.81. The number of hydrogen-bond acceptors (Lipinski definition) is 3. The molecule has 0 saturated carbocycles. The van der Waals surface area contributed by atoms with Crippen molar-refractivity contribution in [2.75, 3.05) is 27.2 Å². The molecule has 24 heavy (non-hydrogen) atoms. The van der Waals surface area contributed by atoms with Crippen LogP contribution in [0.25, 0.3) is 0 Å². The van der Waals surface area contributed by atoms with Crippen LogP contribution in [0.4, 0.5) is 0 Å². The summed E-state index contributed by atoms with van der Waals surface area (Å²) < 4.78 is 0. The van der Waals surface area contributed by atoms with Gasteiger partial charge in [-0.2, -0.15) is 0 Å². The smallest absolute Gasteiger partial charge is 0.240 e. The average molecular weight is 351 g/mol. The molecule has 0 spiro atoms. The molecule has 1 atom stereocenters. The Kier molecular flexibility index (Phi) is 8.11. The standard InChI is InChI=1S/C18H30N4OS/c1-14(24-15-10-8-7-9-11-15)12-20-17(19-5)22(6)13-16(23)21-18(2,3)4/h7-11,14H,12-13H2,1-6H3,(H,19,20)(H,21,23). The van der Waals surface area contributed by atoms with Crippen LogP contribution in [-0.2, 0) is 4.79 Å². The molecule has 1 amide bonds. The third-order valence-electron chi connectivity index (χ3n) is 3.10. The lowest BCUT2D eigenvalue weighted by atomic mass is 10.1. The number of hydrogen-bond donors (Lipinski definition) is 2. The predicted molar refractivity (Wildman–Crippen MR) is 104 cm³/mol. The van der Waals surface area contributed by atoms with Gasteiger partial charge in [0.1, 0.15) is 0 Å². The maximum atomic E-state index is 12.0. The summed E-state index contributed by atoms with van der Waals surface area (Å²) in [6.45, 7) is 9.14. The van der Waals surface area contributed by atoms with E-state index >= 15 is 0 Å². The van der Waals surface area contributed by atoms with Gasteiger partial charge in [0.15, 0.2) is 5.96 Å². The van der Waals surface area contributed by atoms with E-state index in [0.717, 1.165) is 12.5 Å². The number of thioether (sulfide) groups is 1. The largest absolute Gasteiger partial charge is 0.355 e. The summed E-state index contributed by atoms with van der Waals surface area (Å²) in [7, 11) is 3.60. The summed E-state index contributed by atoms with van der Waals surface area (Å²) in [5.74, 6) is 0.708. The summed E-state index contributed by atoms with van der Waals surface area (Å²) in [4.78, 5) is 19.4. The second-order valence-electron chi connectivity index (χ2n) is 6.82. The van der Waals surface area contributed by atoms with Crippen molar-refractivity contribution in [1.82, 2.24) is 15.5 Å². The van der Waals surface area contributed by atoms with Gasteiger partial charge in [0.05, 0.1) is 6.54 Å². The lowest BCUT2D eigenvalue weighted by Crippen LogP contribution is -2.49. The highest BCUT2D eigenvalue weighted by Crippen LogP contribution is 2.21. The molecule has 0 bridgehead atoms. The minimum absolute atomic E-state index is 0.0142. The summed E-state index contributed by atoms with van der Waals surface area (Å²) in [5.41, 5.74) is -0.226. The molecule has 1 aromatic rings. The molecule has 2 N–H and O–H groups in total. The highest BCUT2D eigenvalue weighted by molar-refractivity contribution is 8.00. The van der Waals surface area contributed by atoms with Crippen LogP contribution in [0.1, 0.15) is 27.7 Å². The molecule has 6 heteroatoms. The lowest BCUT2D eigenvalue weighted by molar-refractivity contribution is -0.122. The van der Waals surface area contributed by atoms with Gasteiger partial charge < -0.3 is 15.5 Å². The van der Waals surface area contributed by atoms with Crippen LogP contribution in [0.5, 0.6) is 0 Å². The zero-order valence-corrected chi connectivity index (χ0v) is 16.4. The first-order valence-electron chi connectivity index (χ1n) is 8.16. The van der Waals surface area contributed by atoms with E-state index in [-0.39, 0.29) is 18.0 Å². The molecule has 0 aliphatic carbocycles. The topological polar surface area (TPSA) is 56.7 Å². The molecule has 0 heterocycles. The third kappa shape index (κ3) is 8.24. The number of rotatable bonds is 6. The van der Waals surface area contributed by atoms with Gasteiger partial charge in [-0.3, -0.25) is 9.79 Å². The Balaban J connectivity index is 2.45. The van der Waals surface area contributed by atoms with Crippen molar-refractivity contribution in [2.45, 2.75) is 43.4 Å². The van der Waals surface area contributed by atoms with Crippen molar-refractivity contribution < 1.29 is 4.79 Å². The number of carbonyl (C=O) groups is 1. The lowest BCUT2D eigenvalue weighted by Gasteiger charge is -2.26. The highest BCUT2D eigenvalue weighted by Gasteiger charge is 2.17. The van der Waals surface area contributed by atoms with Gasteiger partial charge in [-0.1, -0.05) is 25.1 Å². The van der Waals surface area contributed by atoms with Gasteiger partial charge in [-0.25, -0.2) is 0 Å². The molecule has 0 radical (unpaired) electrons. The maximum Gasteiger partial charge on any atom is 0.240 e. The first kappa shape index (κ1) is 20.4. The van der Waals surface area contributed by atoms with E-state index in [1.165, 1.54) is 4.90 Å². The number of benzene rings is 1. The van der Waals surface area contributed by atoms with Gasteiger partial charge in [-0.15, -0.1) is 11.8 Å². The van der Waals surface area contributed by atoms with Crippen molar-refractivity contribution in [3.63, 3.8) is 0 Å². The molecule has 0 aliphatic rings. The van der Waals surface area contributed by atoms with Crippen molar-refractivity contribution in [1.29, 1.82) is 0 Å². The van der Waals surface area contributed by atoms with Gasteiger partial charge in [0, 0.05) is 36.3 Å². The van der Waals surface area contributed by atoms with Crippen LogP contribution in [0.3, 0.4) is 0 Å². The second-order valence-corrected chi connectivity index (χ2v) is 8.34. The van der Waals surface area contributed by atoms with Crippen molar-refractivity contribution >= 4 is 23.6 Å². The first-order valence-corrected chi connectivity index (χ1v) is 9.03. The van der Waals surface area contributed by atoms with E-state index in [9.17, 15) is 4.79 Å². The highest BCUT2D eigenvalue weighted by atomic mass is 32.2. The van der Waals surface area contributed by atoms with Crippen LogP contribution in [0.2, 0.25) is 0 Å². The molecule has 0 fully saturated rings. The Morgan fingerprint density at radius 1 is 1.29 bits per heavy atom. The third-order valence-corrected chi connectivity index (χ3v) is 4.21. The van der Waals surface area contributed by atoms with Crippen molar-refractivity contribution in [3.05, 3.63) is 30.3 Å². The first-order chi connectivity index (χ1) is 11.2. The van der Waals surface area contributed by atoms with Crippen LogP contribution in [0, 0.1) is 0 Å². The van der Waals surface area contributed by atoms with Gasteiger partial charge in [-0.05, 0) is 32.9 Å². The normalized spacial score (nSPS) is 13.3. The fourth-order valence-corrected chi connectivity index (χ4v) is 3.09. The van der Waals surface area contributed by atoms with Gasteiger partial charge in [0.2, 0.25) is 5.91 Å². The van der Waals surface area contributed by atoms with Crippen molar-refractivity contribution in [3.8, 4) is 0 Å². The van der Waals surface area contributed by atoms with E-state index in [1.807, 2.05) is 62.7 Å². The molecular formula is C18H30N4OS. The summed E-state index contributed by atoms with van der Waals surface area (Å²) in [5, 5.41) is 6.68. The zero-order chi connectivity index (χ0) is 18.2. The molecule has 0 saturated heterocycles. The number of carbonyl (C=O) groups excluding carboxylic acids is 1. The molecule has 1 aromatic carbocycles. The van der Waals surface area contributed by atoms with E-state index in [4.69, 9.17) is 0 Å². The maximum absolute atomic E-state index is 12.0. The number of likely N-dealkylation sites (N-methyl/N-ethyl adjacent to an activating group) is 1. The molecule has 134 valence electrons. The second kappa shape index (κ2) is 9.57. The fourth-order valence-electron chi connectivity index (χ4n) is 2.14. The molecular weight excluding hydrogens is 320 g/mol. The Bertz CT molecular complexity index is 540. The summed E-state index contributed by atoms with van der Waals surface area (Å²) in [6.07, 6.45) is 0. The Labute approximate surface area is 150 Å². The number of nitrogens with one attached hydrogen (secondary N) is 2. The predicted octanol–water partition coefficient (Wildman–Crippen LogP) is 2.59. The number of aliphatic imine (C=N–C) groups is 1. The minimum Gasteiger partial charge on any atom is -0.355 e. The fraction of sp³-hybridized carbons (Fsp3) is 0.556. The van der Waals surface area contributed by atoms with Crippen molar-refractivity contribution in [2.24, 2.45) is 4.99 Å². The monoisotopic (exact) mass is 350 g/mol. The molecule has 1 rings (SSSR count). The molecule has 1 unspecified atom stereocenters. The van der Waals surface area contributed by atoms with E-state index in [1.54, 1.807) is 7.05 Å². The Morgan fingerprint density at radius 2 is 1.92 bits per heavy atom. The van der Waals surface area contributed by atoms with E-state index in [2.05, 4.69) is 34.7 Å². The van der Waals surface area contributed by atoms with Crippen LogP contribution in [0.15, 0.2) is 40.2 Å². The zero-order valence-electron chi connectivity index (χ0n) is 15.6. The Morgan fingerprint density at radius 3 is 2.46 bits per heavy atom. The van der Waals surface area contributed by atoms with Crippen LogP contribution >= 0.6 is 11.8 Å².